The zero-order valence-electron chi connectivity index (χ0n) is 12.6. The highest BCUT2D eigenvalue weighted by Gasteiger charge is 2.03. The second-order valence-corrected chi connectivity index (χ2v) is 4.75. The van der Waals surface area contributed by atoms with Crippen molar-refractivity contribution >= 4 is 5.69 Å². The van der Waals surface area contributed by atoms with E-state index >= 15 is 0 Å². The van der Waals surface area contributed by atoms with E-state index in [2.05, 4.69) is 23.4 Å². The lowest BCUT2D eigenvalue weighted by Gasteiger charge is -2.14. The van der Waals surface area contributed by atoms with Gasteiger partial charge >= 0.3 is 0 Å². The molecule has 3 nitrogen and oxygen atoms in total. The maximum Gasteiger partial charge on any atom is 0.126 e. The molecule has 1 aromatic heterocycles. The lowest BCUT2D eigenvalue weighted by atomic mass is 10.2. The smallest absolute Gasteiger partial charge is 0.126 e. The van der Waals surface area contributed by atoms with Gasteiger partial charge in [0, 0.05) is 42.5 Å². The van der Waals surface area contributed by atoms with Crippen molar-refractivity contribution in [2.75, 3.05) is 11.9 Å². The Balaban J connectivity index is 2.08. The Bertz CT molecular complexity index is 836. The van der Waals surface area contributed by atoms with Gasteiger partial charge in [0.15, 0.2) is 0 Å². The Kier molecular flexibility index (Phi) is 5.28. The van der Waals surface area contributed by atoms with Crippen molar-refractivity contribution in [3.63, 3.8) is 0 Å². The number of nitriles is 1. The van der Waals surface area contributed by atoms with E-state index in [1.807, 2.05) is 18.2 Å². The van der Waals surface area contributed by atoms with Gasteiger partial charge in [0.05, 0.1) is 11.6 Å². The molecular formula is C19H14FN3. The number of rotatable bonds is 3. The summed E-state index contributed by atoms with van der Waals surface area (Å²) in [6.45, 7) is 3.85. The van der Waals surface area contributed by atoms with Crippen molar-refractivity contribution < 1.29 is 4.39 Å². The molecule has 0 saturated carbocycles. The first-order valence-electron chi connectivity index (χ1n) is 6.81. The van der Waals surface area contributed by atoms with Gasteiger partial charge in [0.1, 0.15) is 5.82 Å². The molecule has 0 fully saturated rings. The number of allylic oxidation sites excluding steroid dienone is 2. The van der Waals surface area contributed by atoms with Gasteiger partial charge < -0.3 is 4.90 Å². The summed E-state index contributed by atoms with van der Waals surface area (Å²) in [6, 6.07) is 9.76. The van der Waals surface area contributed by atoms with Gasteiger partial charge in [0.2, 0.25) is 0 Å². The number of benzene rings is 1. The molecule has 4 heteroatoms. The van der Waals surface area contributed by atoms with E-state index in [1.54, 1.807) is 42.7 Å². The Morgan fingerprint density at radius 2 is 2.17 bits per heavy atom. The van der Waals surface area contributed by atoms with Crippen LogP contribution >= 0.6 is 0 Å². The molecule has 0 aliphatic carbocycles. The average Bonchev–Trinajstić information content (AvgIpc) is 2.58. The van der Waals surface area contributed by atoms with Crippen molar-refractivity contribution in [2.45, 2.75) is 0 Å². The molecule has 0 atom stereocenters. The predicted molar refractivity (Wildman–Crippen MR) is 88.9 cm³/mol. The number of aromatic nitrogens is 1. The molecule has 1 heterocycles. The Morgan fingerprint density at radius 3 is 2.87 bits per heavy atom. The van der Waals surface area contributed by atoms with Gasteiger partial charge in [-0.25, -0.2) is 4.39 Å². The Hall–Kier alpha value is -3.37. The van der Waals surface area contributed by atoms with E-state index < -0.39 is 5.82 Å². The minimum Gasteiger partial charge on any atom is -0.351 e. The number of halogens is 1. The van der Waals surface area contributed by atoms with Crippen LogP contribution in [0, 0.1) is 29.0 Å². The van der Waals surface area contributed by atoms with E-state index in [1.165, 1.54) is 12.1 Å². The number of nitrogens with zero attached hydrogens (tertiary/aromatic N) is 3. The number of anilines is 1. The summed E-state index contributed by atoms with van der Waals surface area (Å²) < 4.78 is 13.4. The van der Waals surface area contributed by atoms with E-state index in [4.69, 9.17) is 5.26 Å². The molecule has 0 spiro atoms. The van der Waals surface area contributed by atoms with E-state index in [-0.39, 0.29) is 5.56 Å². The normalized spacial score (nSPS) is 9.78. The lowest BCUT2D eigenvalue weighted by Crippen LogP contribution is -2.08. The summed E-state index contributed by atoms with van der Waals surface area (Å²) in [6.07, 6.45) is 6.80. The lowest BCUT2D eigenvalue weighted by molar-refractivity contribution is 0.627. The van der Waals surface area contributed by atoms with Gasteiger partial charge in [0.25, 0.3) is 0 Å². The van der Waals surface area contributed by atoms with Gasteiger partial charge in [-0.1, -0.05) is 18.4 Å². The summed E-state index contributed by atoms with van der Waals surface area (Å²) in [5, 5.41) is 8.87. The number of hydrogen-bond acceptors (Lipinski definition) is 3. The minimum atomic E-state index is -0.450. The summed E-state index contributed by atoms with van der Waals surface area (Å²) in [5.74, 6) is 5.42. The minimum absolute atomic E-state index is 0.274. The molecule has 0 unspecified atom stereocenters. The second-order valence-electron chi connectivity index (χ2n) is 4.75. The third-order valence-electron chi connectivity index (χ3n) is 2.95. The second kappa shape index (κ2) is 7.59. The molecule has 2 rings (SSSR count). The van der Waals surface area contributed by atoms with Crippen LogP contribution in [-0.4, -0.2) is 12.0 Å². The van der Waals surface area contributed by atoms with Crippen molar-refractivity contribution in [3.8, 4) is 17.9 Å². The SMILES string of the molecule is C=C(C#Cc1cccnc1)/C=C\N(C)c1cc(F)cc(C#N)c1. The maximum absolute atomic E-state index is 13.4. The molecule has 0 aliphatic heterocycles. The maximum atomic E-state index is 13.4. The molecule has 2 aromatic rings. The molecule has 23 heavy (non-hydrogen) atoms. The van der Waals surface area contributed by atoms with E-state index in [0.717, 1.165) is 5.56 Å². The zero-order valence-corrected chi connectivity index (χ0v) is 12.6. The van der Waals surface area contributed by atoms with Gasteiger partial charge in [-0.15, -0.1) is 0 Å². The van der Waals surface area contributed by atoms with Crippen LogP contribution in [0.1, 0.15) is 11.1 Å². The van der Waals surface area contributed by atoms with Crippen LogP contribution in [0.5, 0.6) is 0 Å². The Morgan fingerprint density at radius 1 is 1.35 bits per heavy atom. The molecule has 0 radical (unpaired) electrons. The molecule has 112 valence electrons. The highest BCUT2D eigenvalue weighted by molar-refractivity contribution is 5.54. The van der Waals surface area contributed by atoms with Crippen LogP contribution in [0.4, 0.5) is 10.1 Å². The summed E-state index contributed by atoms with van der Waals surface area (Å²) in [4.78, 5) is 5.68. The first-order valence-corrected chi connectivity index (χ1v) is 6.81. The molecule has 0 amide bonds. The fraction of sp³-hybridized carbons (Fsp3) is 0.0526. The molecule has 0 N–H and O–H groups in total. The van der Waals surface area contributed by atoms with Gasteiger partial charge in [-0.2, -0.15) is 5.26 Å². The zero-order chi connectivity index (χ0) is 16.7. The van der Waals surface area contributed by atoms with Crippen LogP contribution < -0.4 is 4.90 Å². The summed E-state index contributed by atoms with van der Waals surface area (Å²) >= 11 is 0. The fourth-order valence-corrected chi connectivity index (χ4v) is 1.76. The fourth-order valence-electron chi connectivity index (χ4n) is 1.76. The van der Waals surface area contributed by atoms with Crippen molar-refractivity contribution in [3.05, 3.63) is 84.1 Å². The van der Waals surface area contributed by atoms with E-state index in [9.17, 15) is 4.39 Å². The standard InChI is InChI=1S/C19H14FN3/c1-15(5-6-16-4-3-8-22-14-16)7-9-23(2)19-11-17(13-21)10-18(20)12-19/h3-4,7-12,14H,1H2,2H3/b9-7-. The highest BCUT2D eigenvalue weighted by atomic mass is 19.1. The highest BCUT2D eigenvalue weighted by Crippen LogP contribution is 2.17. The Labute approximate surface area is 135 Å². The summed E-state index contributed by atoms with van der Waals surface area (Å²) in [5.41, 5.74) is 2.26. The first-order chi connectivity index (χ1) is 11.1. The molecule has 0 aliphatic rings. The molecule has 1 aromatic carbocycles. The van der Waals surface area contributed by atoms with Crippen molar-refractivity contribution in [1.29, 1.82) is 5.26 Å². The average molecular weight is 303 g/mol. The van der Waals surface area contributed by atoms with Crippen LogP contribution in [0.2, 0.25) is 0 Å². The number of hydrogen-bond donors (Lipinski definition) is 0. The van der Waals surface area contributed by atoms with Crippen molar-refractivity contribution in [2.24, 2.45) is 0 Å². The predicted octanol–water partition coefficient (Wildman–Crippen LogP) is 3.65. The molecular weight excluding hydrogens is 289 g/mol. The van der Waals surface area contributed by atoms with Crippen molar-refractivity contribution in [1.82, 2.24) is 4.98 Å². The third-order valence-corrected chi connectivity index (χ3v) is 2.95. The van der Waals surface area contributed by atoms with Crippen LogP contribution in [0.25, 0.3) is 0 Å². The largest absolute Gasteiger partial charge is 0.351 e. The van der Waals surface area contributed by atoms with Gasteiger partial charge in [-0.05, 0) is 36.4 Å². The molecule has 0 saturated heterocycles. The summed E-state index contributed by atoms with van der Waals surface area (Å²) in [7, 11) is 1.76. The van der Waals surface area contributed by atoms with Crippen LogP contribution in [-0.2, 0) is 0 Å². The number of pyridine rings is 1. The monoisotopic (exact) mass is 303 g/mol. The quantitative estimate of drug-likeness (QED) is 0.642. The van der Waals surface area contributed by atoms with Gasteiger partial charge in [-0.3, -0.25) is 4.98 Å². The van der Waals surface area contributed by atoms with E-state index in [0.29, 0.717) is 11.3 Å². The van der Waals surface area contributed by atoms with Crippen LogP contribution in [0.15, 0.2) is 67.2 Å². The van der Waals surface area contributed by atoms with Crippen LogP contribution in [0.3, 0.4) is 0 Å². The third kappa shape index (κ3) is 4.84. The topological polar surface area (TPSA) is 39.9 Å². The molecule has 0 bridgehead atoms. The first kappa shape index (κ1) is 16.0.